The Balaban J connectivity index is 1.17. The van der Waals surface area contributed by atoms with Crippen LogP contribution in [-0.4, -0.2) is 126 Å². The molecule has 59 heavy (non-hydrogen) atoms. The number of ether oxygens (including phenoxy) is 6. The molecule has 15 nitrogen and oxygen atoms in total. The molecule has 2 fully saturated rings. The zero-order valence-electron chi connectivity index (χ0n) is 32.5. The van der Waals surface area contributed by atoms with Crippen LogP contribution in [0, 0.1) is 28.8 Å². The first-order chi connectivity index (χ1) is 28.4. The van der Waals surface area contributed by atoms with Crippen molar-refractivity contribution in [1.29, 1.82) is 5.26 Å². The largest absolute Gasteiger partial charge is 0.512 e. The number of halogens is 3. The number of likely N-dealkylation sites (N-methyl/N-ethyl adjacent to an activating group) is 1. The summed E-state index contributed by atoms with van der Waals surface area (Å²) in [6.45, 7) is 5.21. The fraction of sp³-hybridized carbons (Fsp3) is 0.450. The molecule has 316 valence electrons. The van der Waals surface area contributed by atoms with E-state index in [4.69, 9.17) is 33.7 Å². The van der Waals surface area contributed by atoms with Gasteiger partial charge in [-0.15, -0.1) is 11.8 Å². The number of thioether (sulfide) groups is 1. The highest BCUT2D eigenvalue weighted by atomic mass is 32.2. The number of carbonyl (C=O) groups excluding carboxylic acids is 3. The van der Waals surface area contributed by atoms with Gasteiger partial charge in [0.2, 0.25) is 6.79 Å². The highest BCUT2D eigenvalue weighted by Crippen LogP contribution is 2.42. The van der Waals surface area contributed by atoms with E-state index in [0.717, 1.165) is 44.4 Å². The summed E-state index contributed by atoms with van der Waals surface area (Å²) in [4.78, 5) is 46.2. The minimum atomic E-state index is -1.91. The third-order valence-electron chi connectivity index (χ3n) is 9.44. The van der Waals surface area contributed by atoms with Crippen molar-refractivity contribution >= 4 is 35.9 Å². The van der Waals surface area contributed by atoms with Gasteiger partial charge >= 0.3 is 18.1 Å². The Labute approximate surface area is 343 Å². The lowest BCUT2D eigenvalue weighted by atomic mass is 9.89. The van der Waals surface area contributed by atoms with Crippen LogP contribution in [0.15, 0.2) is 67.3 Å². The number of hydrogen-bond donors (Lipinski definition) is 0. The molecule has 2 aromatic carbocycles. The van der Waals surface area contributed by atoms with Crippen LogP contribution in [0.3, 0.4) is 0 Å². The topological polar surface area (TPSA) is 168 Å². The molecular formula is C40H45F3N6O9S. The SMILES string of the molecule is CC(SC1COC(C=CC=Cc2ccc(C#N)cc2F)OC1)C(Cn1cncn1)(OC(=O)OCOC(=O)CCC(=O)OCCN1CCN(C)CC1)c1ccc(F)cc1F. The molecule has 0 spiro atoms. The van der Waals surface area contributed by atoms with Gasteiger partial charge in [0.15, 0.2) is 11.9 Å². The molecule has 0 aliphatic carbocycles. The van der Waals surface area contributed by atoms with E-state index in [2.05, 4.69) is 19.9 Å². The maximum Gasteiger partial charge on any atom is 0.512 e. The predicted molar refractivity (Wildman–Crippen MR) is 207 cm³/mol. The van der Waals surface area contributed by atoms with Crippen molar-refractivity contribution in [2.24, 2.45) is 0 Å². The van der Waals surface area contributed by atoms with Crippen molar-refractivity contribution in [1.82, 2.24) is 24.6 Å². The van der Waals surface area contributed by atoms with E-state index < -0.39 is 59.5 Å². The zero-order chi connectivity index (χ0) is 42.2. The lowest BCUT2D eigenvalue weighted by Crippen LogP contribution is -2.47. The molecule has 0 saturated carbocycles. The molecule has 19 heteroatoms. The number of nitriles is 1. The monoisotopic (exact) mass is 842 g/mol. The lowest BCUT2D eigenvalue weighted by molar-refractivity contribution is -0.158. The molecule has 2 aliphatic heterocycles. The second kappa shape index (κ2) is 22.2. The summed E-state index contributed by atoms with van der Waals surface area (Å²) in [5.74, 6) is -3.82. The molecule has 0 bridgehead atoms. The summed E-state index contributed by atoms with van der Waals surface area (Å²) in [6, 6.07) is 8.87. The number of benzene rings is 2. The molecule has 0 radical (unpaired) electrons. The number of piperazine rings is 1. The Bertz CT molecular complexity index is 1970. The van der Waals surface area contributed by atoms with Gasteiger partial charge in [-0.2, -0.15) is 10.4 Å². The van der Waals surface area contributed by atoms with Crippen LogP contribution in [0.2, 0.25) is 0 Å². The second-order valence-corrected chi connectivity index (χ2v) is 15.3. The van der Waals surface area contributed by atoms with Gasteiger partial charge in [0, 0.05) is 55.2 Å². The predicted octanol–water partition coefficient (Wildman–Crippen LogP) is 4.82. The quantitative estimate of drug-likeness (QED) is 0.0740. The first-order valence-electron chi connectivity index (χ1n) is 18.7. The first kappa shape index (κ1) is 44.8. The van der Waals surface area contributed by atoms with Gasteiger partial charge in [0.25, 0.3) is 0 Å². The van der Waals surface area contributed by atoms with Crippen LogP contribution in [0.5, 0.6) is 0 Å². The summed E-state index contributed by atoms with van der Waals surface area (Å²) < 4.78 is 78.3. The molecular weight excluding hydrogens is 798 g/mol. The molecule has 0 amide bonds. The molecule has 1 aromatic heterocycles. The van der Waals surface area contributed by atoms with Crippen molar-refractivity contribution in [2.45, 2.75) is 48.7 Å². The third kappa shape index (κ3) is 13.6. The first-order valence-corrected chi connectivity index (χ1v) is 19.7. The van der Waals surface area contributed by atoms with Crippen LogP contribution in [0.4, 0.5) is 18.0 Å². The van der Waals surface area contributed by atoms with Crippen LogP contribution in [0.1, 0.15) is 36.5 Å². The van der Waals surface area contributed by atoms with E-state index >= 15 is 4.39 Å². The highest BCUT2D eigenvalue weighted by Gasteiger charge is 2.47. The summed E-state index contributed by atoms with van der Waals surface area (Å²) in [7, 11) is 2.05. The van der Waals surface area contributed by atoms with Gasteiger partial charge in [-0.3, -0.25) is 14.5 Å². The van der Waals surface area contributed by atoms with Gasteiger partial charge < -0.3 is 33.3 Å². The second-order valence-electron chi connectivity index (χ2n) is 13.6. The Kier molecular flexibility index (Phi) is 16.9. The summed E-state index contributed by atoms with van der Waals surface area (Å²) >= 11 is 1.24. The molecule has 3 aromatic rings. The fourth-order valence-electron chi connectivity index (χ4n) is 6.16. The highest BCUT2D eigenvalue weighted by molar-refractivity contribution is 8.00. The number of carbonyl (C=O) groups is 3. The van der Waals surface area contributed by atoms with Crippen LogP contribution < -0.4 is 0 Å². The zero-order valence-corrected chi connectivity index (χ0v) is 33.4. The van der Waals surface area contributed by atoms with Gasteiger partial charge in [-0.1, -0.05) is 24.3 Å². The number of nitrogens with zero attached hydrogens (tertiary/aromatic N) is 6. The van der Waals surface area contributed by atoms with E-state index in [9.17, 15) is 23.2 Å². The van der Waals surface area contributed by atoms with E-state index in [1.54, 1.807) is 25.2 Å². The number of rotatable bonds is 18. The Morgan fingerprint density at radius 3 is 2.42 bits per heavy atom. The van der Waals surface area contributed by atoms with E-state index in [1.807, 2.05) is 13.1 Å². The Morgan fingerprint density at radius 1 is 1.00 bits per heavy atom. The molecule has 2 atom stereocenters. The number of esters is 2. The number of hydrogen-bond acceptors (Lipinski definition) is 15. The van der Waals surface area contributed by atoms with Gasteiger partial charge in [0.1, 0.15) is 36.7 Å². The molecule has 2 unspecified atom stereocenters. The van der Waals surface area contributed by atoms with Gasteiger partial charge in [0.05, 0.1) is 49.5 Å². The maximum atomic E-state index is 15.7. The van der Waals surface area contributed by atoms with E-state index in [-0.39, 0.29) is 55.6 Å². The van der Waals surface area contributed by atoms with Crippen molar-refractivity contribution < 1.29 is 56.0 Å². The third-order valence-corrected chi connectivity index (χ3v) is 10.9. The fourth-order valence-corrected chi connectivity index (χ4v) is 7.52. The molecule has 5 rings (SSSR count). The van der Waals surface area contributed by atoms with Crippen LogP contribution in [-0.2, 0) is 50.2 Å². The number of aromatic nitrogens is 3. The van der Waals surface area contributed by atoms with Gasteiger partial charge in [-0.25, -0.2) is 27.6 Å². The van der Waals surface area contributed by atoms with Crippen molar-refractivity contribution in [2.75, 3.05) is 66.4 Å². The Hall–Kier alpha value is -5.26. The average molecular weight is 843 g/mol. The maximum absolute atomic E-state index is 15.7. The van der Waals surface area contributed by atoms with Gasteiger partial charge in [-0.05, 0) is 44.3 Å². The Morgan fingerprint density at radius 2 is 1.75 bits per heavy atom. The summed E-state index contributed by atoms with van der Waals surface area (Å²) in [5, 5.41) is 11.9. The standard InChI is InChI=1S/C40H45F3N6O9S/c1-28(59-32-22-54-38(55-23-32)6-4-3-5-30-8-7-29(21-44)19-34(30)42)40(24-49-26-45-25-46-49,33-10-9-31(41)20-35(33)43)58-39(52)57-27-56-37(51)12-11-36(50)53-18-17-48-15-13-47(2)14-16-48/h3-10,19-20,25-26,28,32,38H,11-18,22-24,27H2,1-2H3. The minimum absolute atomic E-state index is 0.160. The summed E-state index contributed by atoms with van der Waals surface area (Å²) in [6.07, 6.45) is 6.30. The van der Waals surface area contributed by atoms with E-state index in [0.29, 0.717) is 18.2 Å². The minimum Gasteiger partial charge on any atom is -0.464 e. The molecule has 0 N–H and O–H groups in total. The average Bonchev–Trinajstić information content (AvgIpc) is 3.73. The lowest BCUT2D eigenvalue weighted by Gasteiger charge is -2.40. The van der Waals surface area contributed by atoms with Crippen molar-refractivity contribution in [3.05, 3.63) is 101 Å². The van der Waals surface area contributed by atoms with Crippen molar-refractivity contribution in [3.8, 4) is 6.07 Å². The number of allylic oxidation sites excluding steroid dienone is 2. The van der Waals surface area contributed by atoms with E-state index in [1.165, 1.54) is 47.3 Å². The molecule has 2 aliphatic rings. The molecule has 2 saturated heterocycles. The molecule has 3 heterocycles. The van der Waals surface area contributed by atoms with Crippen molar-refractivity contribution in [3.63, 3.8) is 0 Å². The van der Waals surface area contributed by atoms with Crippen LogP contribution in [0.25, 0.3) is 6.08 Å². The summed E-state index contributed by atoms with van der Waals surface area (Å²) in [5.41, 5.74) is -1.60. The smallest absolute Gasteiger partial charge is 0.464 e. The normalized spacial score (nSPS) is 19.2. The van der Waals surface area contributed by atoms with Crippen LogP contribution >= 0.6 is 11.8 Å².